The molecular formula is C10H18O. The molecule has 0 aliphatic carbocycles. The van der Waals surface area contributed by atoms with Crippen molar-refractivity contribution in [2.24, 2.45) is 11.8 Å². The number of hydrogen-bond donors (Lipinski definition) is 0. The van der Waals surface area contributed by atoms with Gasteiger partial charge < -0.3 is 0 Å². The Morgan fingerprint density at radius 1 is 1.09 bits per heavy atom. The predicted molar refractivity (Wildman–Crippen MR) is 48.4 cm³/mol. The third-order valence-corrected chi connectivity index (χ3v) is 1.85. The van der Waals surface area contributed by atoms with E-state index >= 15 is 0 Å². The summed E-state index contributed by atoms with van der Waals surface area (Å²) in [4.78, 5) is 11.2. The molecule has 64 valence electrons. The molecule has 0 heterocycles. The Morgan fingerprint density at radius 3 is 1.82 bits per heavy atom. The van der Waals surface area contributed by atoms with Gasteiger partial charge in [-0.2, -0.15) is 0 Å². The zero-order chi connectivity index (χ0) is 9.02. The molecule has 0 aromatic rings. The van der Waals surface area contributed by atoms with E-state index in [4.69, 9.17) is 0 Å². The highest BCUT2D eigenvalue weighted by Gasteiger charge is 2.04. The minimum absolute atomic E-state index is 0.128. The molecule has 0 aliphatic heterocycles. The zero-order valence-electron chi connectivity index (χ0n) is 8.14. The summed E-state index contributed by atoms with van der Waals surface area (Å²) in [5, 5.41) is 0. The molecule has 11 heavy (non-hydrogen) atoms. The smallest absolute Gasteiger partial charge is 0.158 e. The lowest BCUT2D eigenvalue weighted by molar-refractivity contribution is -0.117. The fourth-order valence-corrected chi connectivity index (χ4v) is 0.558. The largest absolute Gasteiger partial charge is 0.295 e. The van der Waals surface area contributed by atoms with Crippen molar-refractivity contribution in [3.05, 3.63) is 11.6 Å². The maximum Gasteiger partial charge on any atom is 0.158 e. The van der Waals surface area contributed by atoms with E-state index in [1.54, 1.807) is 6.08 Å². The summed E-state index contributed by atoms with van der Waals surface area (Å²) in [6.07, 6.45) is 1.76. The van der Waals surface area contributed by atoms with Crippen LogP contribution in [0.2, 0.25) is 0 Å². The number of rotatable bonds is 3. The predicted octanol–water partition coefficient (Wildman–Crippen LogP) is 2.81. The van der Waals surface area contributed by atoms with Gasteiger partial charge in [0.1, 0.15) is 0 Å². The Morgan fingerprint density at radius 2 is 1.55 bits per heavy atom. The van der Waals surface area contributed by atoms with Gasteiger partial charge in [0.05, 0.1) is 0 Å². The van der Waals surface area contributed by atoms with Crippen LogP contribution in [0.5, 0.6) is 0 Å². The molecule has 0 atom stereocenters. The zero-order valence-corrected chi connectivity index (χ0v) is 8.14. The minimum Gasteiger partial charge on any atom is -0.295 e. The Labute approximate surface area is 69.5 Å². The summed E-state index contributed by atoms with van der Waals surface area (Å²) >= 11 is 0. The second kappa shape index (κ2) is 4.32. The SMILES string of the molecule is CC(=CC(=O)C(C)C)C(C)C. The molecule has 0 spiro atoms. The molecule has 1 nitrogen and oxygen atoms in total. The summed E-state index contributed by atoms with van der Waals surface area (Å²) in [7, 11) is 0. The average molecular weight is 154 g/mol. The molecular weight excluding hydrogens is 136 g/mol. The van der Waals surface area contributed by atoms with Crippen molar-refractivity contribution in [1.29, 1.82) is 0 Å². The lowest BCUT2D eigenvalue weighted by atomic mass is 10.0. The topological polar surface area (TPSA) is 17.1 Å². The molecule has 0 aromatic heterocycles. The molecule has 0 aliphatic rings. The van der Waals surface area contributed by atoms with Gasteiger partial charge in [-0.3, -0.25) is 4.79 Å². The van der Waals surface area contributed by atoms with E-state index in [2.05, 4.69) is 13.8 Å². The van der Waals surface area contributed by atoms with Crippen molar-refractivity contribution < 1.29 is 4.79 Å². The molecule has 0 bridgehead atoms. The maximum atomic E-state index is 11.2. The highest BCUT2D eigenvalue weighted by Crippen LogP contribution is 2.09. The van der Waals surface area contributed by atoms with E-state index in [0.29, 0.717) is 5.92 Å². The van der Waals surface area contributed by atoms with Gasteiger partial charge in [-0.15, -0.1) is 0 Å². The van der Waals surface area contributed by atoms with Crippen LogP contribution in [-0.2, 0) is 4.79 Å². The third kappa shape index (κ3) is 3.97. The van der Waals surface area contributed by atoms with Crippen LogP contribution in [-0.4, -0.2) is 5.78 Å². The molecule has 0 N–H and O–H groups in total. The highest BCUT2D eigenvalue weighted by molar-refractivity contribution is 5.91. The van der Waals surface area contributed by atoms with Gasteiger partial charge in [0.15, 0.2) is 5.78 Å². The van der Waals surface area contributed by atoms with Crippen LogP contribution < -0.4 is 0 Å². The monoisotopic (exact) mass is 154 g/mol. The molecule has 0 fully saturated rings. The van der Waals surface area contributed by atoms with E-state index in [9.17, 15) is 4.79 Å². The number of ketones is 1. The van der Waals surface area contributed by atoms with Crippen molar-refractivity contribution in [2.75, 3.05) is 0 Å². The fraction of sp³-hybridized carbons (Fsp3) is 0.700. The van der Waals surface area contributed by atoms with Crippen molar-refractivity contribution in [3.8, 4) is 0 Å². The molecule has 0 saturated carbocycles. The average Bonchev–Trinajstić information content (AvgIpc) is 1.87. The van der Waals surface area contributed by atoms with E-state index in [1.807, 2.05) is 20.8 Å². The quantitative estimate of drug-likeness (QED) is 0.571. The molecule has 0 aromatic carbocycles. The van der Waals surface area contributed by atoms with E-state index < -0.39 is 0 Å². The van der Waals surface area contributed by atoms with Crippen LogP contribution in [0.3, 0.4) is 0 Å². The van der Waals surface area contributed by atoms with Crippen molar-refractivity contribution in [2.45, 2.75) is 34.6 Å². The van der Waals surface area contributed by atoms with Crippen LogP contribution >= 0.6 is 0 Å². The van der Waals surface area contributed by atoms with Gasteiger partial charge >= 0.3 is 0 Å². The fourth-order valence-electron chi connectivity index (χ4n) is 0.558. The molecule has 0 rings (SSSR count). The Hall–Kier alpha value is -0.590. The second-order valence-electron chi connectivity index (χ2n) is 3.60. The van der Waals surface area contributed by atoms with Gasteiger partial charge in [-0.1, -0.05) is 33.3 Å². The Balaban J connectivity index is 4.20. The number of carbonyl (C=O) groups is 1. The first-order valence-electron chi connectivity index (χ1n) is 4.17. The lowest BCUT2D eigenvalue weighted by Crippen LogP contribution is -2.04. The first-order chi connectivity index (χ1) is 4.95. The lowest BCUT2D eigenvalue weighted by Gasteiger charge is -2.05. The first-order valence-corrected chi connectivity index (χ1v) is 4.17. The summed E-state index contributed by atoms with van der Waals surface area (Å²) in [6.45, 7) is 10.0. The van der Waals surface area contributed by atoms with E-state index in [-0.39, 0.29) is 11.7 Å². The third-order valence-electron chi connectivity index (χ3n) is 1.85. The summed E-state index contributed by atoms with van der Waals surface area (Å²) in [5.74, 6) is 0.845. The highest BCUT2D eigenvalue weighted by atomic mass is 16.1. The van der Waals surface area contributed by atoms with Gasteiger partial charge in [0.2, 0.25) is 0 Å². The Kier molecular flexibility index (Phi) is 4.09. The molecule has 0 unspecified atom stereocenters. The number of hydrogen-bond acceptors (Lipinski definition) is 1. The first kappa shape index (κ1) is 10.4. The Bertz CT molecular complexity index is 164. The normalized spacial score (nSPS) is 12.8. The van der Waals surface area contributed by atoms with Crippen molar-refractivity contribution in [1.82, 2.24) is 0 Å². The maximum absolute atomic E-state index is 11.2. The van der Waals surface area contributed by atoms with Crippen molar-refractivity contribution >= 4 is 5.78 Å². The standard InChI is InChI=1S/C10H18O/c1-7(2)9(5)6-10(11)8(3)4/h6-8H,1-5H3. The van der Waals surface area contributed by atoms with Gasteiger partial charge in [-0.25, -0.2) is 0 Å². The molecule has 0 saturated heterocycles. The minimum atomic E-state index is 0.128. The summed E-state index contributed by atoms with van der Waals surface area (Å²) in [6, 6.07) is 0. The number of carbonyl (C=O) groups excluding carboxylic acids is 1. The molecule has 1 heteroatoms. The molecule has 0 radical (unpaired) electrons. The van der Waals surface area contributed by atoms with Gasteiger partial charge in [-0.05, 0) is 18.9 Å². The summed E-state index contributed by atoms with van der Waals surface area (Å²) in [5.41, 5.74) is 1.17. The van der Waals surface area contributed by atoms with Crippen LogP contribution in [0.25, 0.3) is 0 Å². The second-order valence-corrected chi connectivity index (χ2v) is 3.60. The number of allylic oxidation sites excluding steroid dienone is 2. The van der Waals surface area contributed by atoms with Gasteiger partial charge in [0, 0.05) is 5.92 Å². The molecule has 0 amide bonds. The van der Waals surface area contributed by atoms with Crippen LogP contribution in [0.4, 0.5) is 0 Å². The van der Waals surface area contributed by atoms with Crippen LogP contribution in [0.15, 0.2) is 11.6 Å². The van der Waals surface area contributed by atoms with Crippen molar-refractivity contribution in [3.63, 3.8) is 0 Å². The van der Waals surface area contributed by atoms with Crippen LogP contribution in [0, 0.1) is 11.8 Å². The van der Waals surface area contributed by atoms with E-state index in [1.165, 1.54) is 5.57 Å². The van der Waals surface area contributed by atoms with Gasteiger partial charge in [0.25, 0.3) is 0 Å². The van der Waals surface area contributed by atoms with Crippen LogP contribution in [0.1, 0.15) is 34.6 Å². The van der Waals surface area contributed by atoms with E-state index in [0.717, 1.165) is 0 Å². The summed E-state index contributed by atoms with van der Waals surface area (Å²) < 4.78 is 0.